The predicted octanol–water partition coefficient (Wildman–Crippen LogP) is 3.41. The van der Waals surface area contributed by atoms with Gasteiger partial charge in [0.2, 0.25) is 9.84 Å². The van der Waals surface area contributed by atoms with Gasteiger partial charge in [0.25, 0.3) is 0 Å². The fraction of sp³-hybridized carbons (Fsp3) is 0.143. The Bertz CT molecular complexity index is 564. The number of sulfone groups is 1. The fourth-order valence-corrected chi connectivity index (χ4v) is 2.74. The van der Waals surface area contributed by atoms with Gasteiger partial charge >= 0.3 is 0 Å². The van der Waals surface area contributed by atoms with Gasteiger partial charge in [0.05, 0.1) is 4.90 Å². The Morgan fingerprint density at radius 3 is 2.47 bits per heavy atom. The molecule has 0 saturated heterocycles. The molecule has 1 aromatic carbocycles. The molecule has 0 unspecified atom stereocenters. The molecule has 0 fully saturated rings. The average molecular weight is 248 g/mol. The Kier molecular flexibility index (Phi) is 4.46. The van der Waals surface area contributed by atoms with E-state index in [4.69, 9.17) is 0 Å². The number of rotatable bonds is 4. The van der Waals surface area contributed by atoms with Crippen molar-refractivity contribution >= 4 is 9.84 Å². The summed E-state index contributed by atoms with van der Waals surface area (Å²) in [7, 11) is -3.37. The number of allylic oxidation sites excluding steroid dienone is 5. The monoisotopic (exact) mass is 248 g/mol. The molecular weight excluding hydrogens is 232 g/mol. The van der Waals surface area contributed by atoms with Crippen molar-refractivity contribution in [1.29, 1.82) is 0 Å². The van der Waals surface area contributed by atoms with Crippen molar-refractivity contribution in [3.05, 3.63) is 65.6 Å². The van der Waals surface area contributed by atoms with E-state index in [0.29, 0.717) is 9.80 Å². The van der Waals surface area contributed by atoms with Gasteiger partial charge in [0.1, 0.15) is 0 Å². The van der Waals surface area contributed by atoms with Crippen LogP contribution in [0.25, 0.3) is 0 Å². The number of aryl methyl sites for hydroxylation is 1. The zero-order valence-electron chi connectivity index (χ0n) is 10.1. The third kappa shape index (κ3) is 3.17. The first-order valence-corrected chi connectivity index (χ1v) is 6.75. The van der Waals surface area contributed by atoms with Crippen LogP contribution >= 0.6 is 0 Å². The Hall–Kier alpha value is -1.61. The molecular formula is C14H16O2S. The van der Waals surface area contributed by atoms with E-state index in [0.717, 1.165) is 5.56 Å². The molecule has 0 aromatic heterocycles. The highest BCUT2D eigenvalue weighted by Crippen LogP contribution is 2.21. The average Bonchev–Trinajstić information content (AvgIpc) is 2.29. The van der Waals surface area contributed by atoms with Gasteiger partial charge in [-0.2, -0.15) is 0 Å². The first-order chi connectivity index (χ1) is 8.00. The van der Waals surface area contributed by atoms with E-state index >= 15 is 0 Å². The minimum absolute atomic E-state index is 0.324. The second-order valence-electron chi connectivity index (χ2n) is 3.67. The molecule has 0 aliphatic heterocycles. The van der Waals surface area contributed by atoms with Crippen LogP contribution in [0, 0.1) is 6.92 Å². The lowest BCUT2D eigenvalue weighted by molar-refractivity contribution is 0.601. The van der Waals surface area contributed by atoms with Gasteiger partial charge in [0.15, 0.2) is 0 Å². The minimum atomic E-state index is -3.37. The van der Waals surface area contributed by atoms with Crippen LogP contribution < -0.4 is 0 Å². The highest BCUT2D eigenvalue weighted by Gasteiger charge is 2.17. The lowest BCUT2D eigenvalue weighted by Crippen LogP contribution is -2.04. The molecule has 17 heavy (non-hydrogen) atoms. The van der Waals surface area contributed by atoms with Crippen molar-refractivity contribution < 1.29 is 8.42 Å². The zero-order chi connectivity index (χ0) is 12.9. The van der Waals surface area contributed by atoms with Crippen LogP contribution in [0.5, 0.6) is 0 Å². The van der Waals surface area contributed by atoms with E-state index < -0.39 is 9.84 Å². The number of hydrogen-bond donors (Lipinski definition) is 0. The Labute approximate surface area is 103 Å². The summed E-state index contributed by atoms with van der Waals surface area (Å²) in [6, 6.07) is 6.97. The molecule has 0 N–H and O–H groups in total. The normalized spacial score (nSPS) is 12.9. The van der Waals surface area contributed by atoms with E-state index in [9.17, 15) is 8.42 Å². The lowest BCUT2D eigenvalue weighted by atomic mass is 10.2. The molecule has 3 heteroatoms. The second kappa shape index (κ2) is 5.64. The van der Waals surface area contributed by atoms with E-state index in [2.05, 4.69) is 6.58 Å². The lowest BCUT2D eigenvalue weighted by Gasteiger charge is -2.06. The zero-order valence-corrected chi connectivity index (χ0v) is 10.9. The van der Waals surface area contributed by atoms with Gasteiger partial charge in [-0.3, -0.25) is 0 Å². The molecule has 0 aliphatic carbocycles. The van der Waals surface area contributed by atoms with E-state index in [1.807, 2.05) is 6.07 Å². The minimum Gasteiger partial charge on any atom is -0.219 e. The van der Waals surface area contributed by atoms with Crippen LogP contribution in [0.1, 0.15) is 12.5 Å². The number of benzene rings is 1. The van der Waals surface area contributed by atoms with Crippen LogP contribution in [0.3, 0.4) is 0 Å². The quantitative estimate of drug-likeness (QED) is 0.765. The standard InChI is InChI=1S/C14H16O2S/c1-4-5-6-10-13(3)17(15,16)14-11-8-7-9-12(14)2/h4-11H,1H2,2-3H3/b6-5-,13-10+. The fourth-order valence-electron chi connectivity index (χ4n) is 1.39. The third-order valence-electron chi connectivity index (χ3n) is 2.39. The summed E-state index contributed by atoms with van der Waals surface area (Å²) in [5, 5.41) is 0. The molecule has 2 nitrogen and oxygen atoms in total. The molecule has 0 spiro atoms. The molecule has 0 aliphatic rings. The van der Waals surface area contributed by atoms with E-state index in [-0.39, 0.29) is 0 Å². The first kappa shape index (κ1) is 13.5. The van der Waals surface area contributed by atoms with Crippen LogP contribution in [0.2, 0.25) is 0 Å². The van der Waals surface area contributed by atoms with Crippen LogP contribution in [-0.2, 0) is 9.84 Å². The summed E-state index contributed by atoms with van der Waals surface area (Å²) in [5.74, 6) is 0. The largest absolute Gasteiger partial charge is 0.219 e. The van der Waals surface area contributed by atoms with E-state index in [1.54, 1.807) is 56.4 Å². The Morgan fingerprint density at radius 1 is 1.24 bits per heavy atom. The third-order valence-corrected chi connectivity index (χ3v) is 4.41. The molecule has 0 amide bonds. The van der Waals surface area contributed by atoms with Crippen molar-refractivity contribution in [3.8, 4) is 0 Å². The Morgan fingerprint density at radius 2 is 1.88 bits per heavy atom. The Balaban J connectivity index is 3.21. The molecule has 0 heterocycles. The summed E-state index contributed by atoms with van der Waals surface area (Å²) < 4.78 is 24.4. The summed E-state index contributed by atoms with van der Waals surface area (Å²) in [5.41, 5.74) is 0.757. The molecule has 0 bridgehead atoms. The van der Waals surface area contributed by atoms with Crippen molar-refractivity contribution in [3.63, 3.8) is 0 Å². The number of hydrogen-bond acceptors (Lipinski definition) is 2. The maximum atomic E-state index is 12.2. The van der Waals surface area contributed by atoms with Crippen molar-refractivity contribution in [2.45, 2.75) is 18.7 Å². The van der Waals surface area contributed by atoms with Gasteiger partial charge in [-0.1, -0.05) is 43.0 Å². The molecule has 0 saturated carbocycles. The maximum absolute atomic E-state index is 12.2. The molecule has 1 rings (SSSR count). The van der Waals surface area contributed by atoms with Crippen LogP contribution in [0.4, 0.5) is 0 Å². The maximum Gasteiger partial charge on any atom is 0.202 e. The molecule has 90 valence electrons. The van der Waals surface area contributed by atoms with Gasteiger partial charge in [-0.25, -0.2) is 8.42 Å². The summed E-state index contributed by atoms with van der Waals surface area (Å²) >= 11 is 0. The van der Waals surface area contributed by atoms with Gasteiger partial charge < -0.3 is 0 Å². The second-order valence-corrected chi connectivity index (χ2v) is 5.76. The summed E-state index contributed by atoms with van der Waals surface area (Å²) in [6.07, 6.45) is 6.53. The van der Waals surface area contributed by atoms with Crippen molar-refractivity contribution in [1.82, 2.24) is 0 Å². The first-order valence-electron chi connectivity index (χ1n) is 5.27. The molecule has 0 radical (unpaired) electrons. The van der Waals surface area contributed by atoms with E-state index in [1.165, 1.54) is 0 Å². The predicted molar refractivity (Wildman–Crippen MR) is 71.5 cm³/mol. The van der Waals surface area contributed by atoms with Gasteiger partial charge in [-0.15, -0.1) is 0 Å². The van der Waals surface area contributed by atoms with Crippen LogP contribution in [-0.4, -0.2) is 8.42 Å². The van der Waals surface area contributed by atoms with Crippen molar-refractivity contribution in [2.75, 3.05) is 0 Å². The van der Waals surface area contributed by atoms with Gasteiger partial charge in [-0.05, 0) is 31.6 Å². The molecule has 0 atom stereocenters. The highest BCUT2D eigenvalue weighted by molar-refractivity contribution is 7.95. The van der Waals surface area contributed by atoms with Crippen LogP contribution in [0.15, 0.2) is 64.9 Å². The summed E-state index contributed by atoms with van der Waals surface area (Å²) in [4.78, 5) is 0.686. The van der Waals surface area contributed by atoms with Gasteiger partial charge in [0, 0.05) is 4.91 Å². The topological polar surface area (TPSA) is 34.1 Å². The SMILES string of the molecule is C=C/C=C\C=C(/C)S(=O)(=O)c1ccccc1C. The van der Waals surface area contributed by atoms with Crippen molar-refractivity contribution in [2.24, 2.45) is 0 Å². The summed E-state index contributed by atoms with van der Waals surface area (Å²) in [6.45, 7) is 6.91. The molecule has 1 aromatic rings. The smallest absolute Gasteiger partial charge is 0.202 e. The highest BCUT2D eigenvalue weighted by atomic mass is 32.2.